The zero-order chi connectivity index (χ0) is 8.97. The number of rotatable bonds is 3. The average molecular weight is 168 g/mol. The van der Waals surface area contributed by atoms with Crippen molar-refractivity contribution in [2.75, 3.05) is 13.6 Å². The summed E-state index contributed by atoms with van der Waals surface area (Å²) < 4.78 is 0. The third-order valence-corrected chi connectivity index (χ3v) is 2.35. The second-order valence-corrected chi connectivity index (χ2v) is 3.22. The van der Waals surface area contributed by atoms with Gasteiger partial charge in [0.2, 0.25) is 6.41 Å². The summed E-state index contributed by atoms with van der Waals surface area (Å²) in [6, 6.07) is 0. The van der Waals surface area contributed by atoms with E-state index < -0.39 is 0 Å². The molecular weight excluding hydrogens is 152 g/mol. The Labute approximate surface area is 73.4 Å². The maximum atomic E-state index is 10.3. The Morgan fingerprint density at radius 3 is 3.17 bits per heavy atom. The monoisotopic (exact) mass is 168 g/mol. The molecule has 0 aromatic heterocycles. The molecule has 0 aromatic rings. The van der Waals surface area contributed by atoms with Crippen LogP contribution in [0, 0.1) is 5.92 Å². The SMILES string of the molecule is CCC1CCN(C)C=C1NC=O. The normalized spacial score (nSPS) is 23.3. The fourth-order valence-electron chi connectivity index (χ4n) is 1.57. The van der Waals surface area contributed by atoms with Crippen LogP contribution in [0.4, 0.5) is 0 Å². The summed E-state index contributed by atoms with van der Waals surface area (Å²) in [5, 5.41) is 2.75. The van der Waals surface area contributed by atoms with Crippen LogP contribution in [0.25, 0.3) is 0 Å². The van der Waals surface area contributed by atoms with Crippen LogP contribution in [0.5, 0.6) is 0 Å². The summed E-state index contributed by atoms with van der Waals surface area (Å²) in [5.74, 6) is 0.534. The van der Waals surface area contributed by atoms with Crippen LogP contribution in [0.15, 0.2) is 11.9 Å². The van der Waals surface area contributed by atoms with Crippen LogP contribution in [-0.2, 0) is 4.79 Å². The number of hydrogen-bond acceptors (Lipinski definition) is 2. The van der Waals surface area contributed by atoms with Crippen molar-refractivity contribution in [1.82, 2.24) is 10.2 Å². The summed E-state index contributed by atoms with van der Waals surface area (Å²) in [6.07, 6.45) is 5.01. The molecule has 0 spiro atoms. The molecule has 1 atom stereocenters. The summed E-state index contributed by atoms with van der Waals surface area (Å²) in [7, 11) is 2.03. The van der Waals surface area contributed by atoms with Gasteiger partial charge in [0.05, 0.1) is 0 Å². The maximum Gasteiger partial charge on any atom is 0.211 e. The zero-order valence-electron chi connectivity index (χ0n) is 7.71. The van der Waals surface area contributed by atoms with Gasteiger partial charge in [0.25, 0.3) is 0 Å². The largest absolute Gasteiger partial charge is 0.379 e. The molecule has 68 valence electrons. The van der Waals surface area contributed by atoms with E-state index in [1.807, 2.05) is 13.2 Å². The molecule has 0 aromatic carbocycles. The Kier molecular flexibility index (Phi) is 3.14. The molecule has 3 nitrogen and oxygen atoms in total. The minimum Gasteiger partial charge on any atom is -0.379 e. The van der Waals surface area contributed by atoms with Gasteiger partial charge >= 0.3 is 0 Å². The molecule has 1 heterocycles. The predicted octanol–water partition coefficient (Wildman–Crippen LogP) is 0.935. The minimum absolute atomic E-state index is 0.534. The van der Waals surface area contributed by atoms with E-state index in [1.165, 1.54) is 0 Å². The molecular formula is C9H16N2O. The molecule has 0 radical (unpaired) electrons. The third-order valence-electron chi connectivity index (χ3n) is 2.35. The molecule has 0 saturated carbocycles. The molecule has 1 aliphatic heterocycles. The molecule has 1 unspecified atom stereocenters. The van der Waals surface area contributed by atoms with Gasteiger partial charge < -0.3 is 10.2 Å². The number of nitrogens with zero attached hydrogens (tertiary/aromatic N) is 1. The van der Waals surface area contributed by atoms with Crippen LogP contribution in [0.2, 0.25) is 0 Å². The Morgan fingerprint density at radius 1 is 1.83 bits per heavy atom. The van der Waals surface area contributed by atoms with Gasteiger partial charge in [-0.2, -0.15) is 0 Å². The fraction of sp³-hybridized carbons (Fsp3) is 0.667. The highest BCUT2D eigenvalue weighted by atomic mass is 16.1. The Hall–Kier alpha value is -0.990. The predicted molar refractivity (Wildman–Crippen MR) is 48.3 cm³/mol. The van der Waals surface area contributed by atoms with E-state index in [4.69, 9.17) is 0 Å². The molecule has 0 bridgehead atoms. The molecule has 3 heteroatoms. The highest BCUT2D eigenvalue weighted by Gasteiger charge is 2.17. The van der Waals surface area contributed by atoms with Gasteiger partial charge in [-0.25, -0.2) is 0 Å². The molecule has 12 heavy (non-hydrogen) atoms. The van der Waals surface area contributed by atoms with Gasteiger partial charge in [0.15, 0.2) is 0 Å². The maximum absolute atomic E-state index is 10.3. The highest BCUT2D eigenvalue weighted by molar-refractivity contribution is 5.50. The summed E-state index contributed by atoms with van der Waals surface area (Å²) >= 11 is 0. The summed E-state index contributed by atoms with van der Waals surface area (Å²) in [4.78, 5) is 12.4. The molecule has 0 saturated heterocycles. The number of carbonyl (C=O) groups excluding carboxylic acids is 1. The van der Waals surface area contributed by atoms with Crippen molar-refractivity contribution in [2.45, 2.75) is 19.8 Å². The van der Waals surface area contributed by atoms with Crippen molar-refractivity contribution in [1.29, 1.82) is 0 Å². The van der Waals surface area contributed by atoms with Crippen molar-refractivity contribution >= 4 is 6.41 Å². The number of nitrogens with one attached hydrogen (secondary N) is 1. The van der Waals surface area contributed by atoms with Crippen LogP contribution >= 0.6 is 0 Å². The van der Waals surface area contributed by atoms with E-state index in [0.29, 0.717) is 5.92 Å². The van der Waals surface area contributed by atoms with Crippen molar-refractivity contribution in [3.63, 3.8) is 0 Å². The van der Waals surface area contributed by atoms with E-state index in [0.717, 1.165) is 31.5 Å². The van der Waals surface area contributed by atoms with E-state index in [-0.39, 0.29) is 0 Å². The summed E-state index contributed by atoms with van der Waals surface area (Å²) in [6.45, 7) is 3.23. The third kappa shape index (κ3) is 2.00. The van der Waals surface area contributed by atoms with Crippen LogP contribution < -0.4 is 5.32 Å². The first kappa shape index (κ1) is 9.10. The van der Waals surface area contributed by atoms with E-state index in [2.05, 4.69) is 17.1 Å². The first-order valence-electron chi connectivity index (χ1n) is 4.40. The Bertz CT molecular complexity index is 189. The number of carbonyl (C=O) groups is 1. The number of allylic oxidation sites excluding steroid dienone is 1. The van der Waals surface area contributed by atoms with Crippen LogP contribution in [0.1, 0.15) is 19.8 Å². The molecule has 1 amide bonds. The molecule has 0 aliphatic carbocycles. The van der Waals surface area contributed by atoms with Gasteiger partial charge in [-0.15, -0.1) is 0 Å². The smallest absolute Gasteiger partial charge is 0.211 e. The van der Waals surface area contributed by atoms with Crippen molar-refractivity contribution < 1.29 is 4.79 Å². The summed E-state index contributed by atoms with van der Waals surface area (Å²) in [5.41, 5.74) is 1.06. The lowest BCUT2D eigenvalue weighted by molar-refractivity contribution is -0.109. The topological polar surface area (TPSA) is 32.3 Å². The lowest BCUT2D eigenvalue weighted by atomic mass is 9.96. The van der Waals surface area contributed by atoms with E-state index >= 15 is 0 Å². The highest BCUT2D eigenvalue weighted by Crippen LogP contribution is 2.21. The second-order valence-electron chi connectivity index (χ2n) is 3.22. The first-order valence-corrected chi connectivity index (χ1v) is 4.40. The van der Waals surface area contributed by atoms with Gasteiger partial charge in [-0.3, -0.25) is 4.79 Å². The van der Waals surface area contributed by atoms with Gasteiger partial charge in [0, 0.05) is 31.4 Å². The van der Waals surface area contributed by atoms with Crippen molar-refractivity contribution in [3.8, 4) is 0 Å². The molecule has 1 aliphatic rings. The van der Waals surface area contributed by atoms with Crippen LogP contribution in [-0.4, -0.2) is 24.9 Å². The van der Waals surface area contributed by atoms with Crippen LogP contribution in [0.3, 0.4) is 0 Å². The molecule has 1 N–H and O–H groups in total. The average Bonchev–Trinajstić information content (AvgIpc) is 2.05. The van der Waals surface area contributed by atoms with Gasteiger partial charge in [-0.1, -0.05) is 6.92 Å². The number of amides is 1. The standard InChI is InChI=1S/C9H16N2O/c1-3-8-4-5-11(2)6-9(8)10-7-12/h6-8H,3-5H2,1-2H3,(H,10,12). The van der Waals surface area contributed by atoms with Crippen molar-refractivity contribution in [3.05, 3.63) is 11.9 Å². The lowest BCUT2D eigenvalue weighted by Crippen LogP contribution is -2.30. The number of hydrogen-bond donors (Lipinski definition) is 1. The van der Waals surface area contributed by atoms with Gasteiger partial charge in [-0.05, 0) is 12.8 Å². The van der Waals surface area contributed by atoms with Crippen molar-refractivity contribution in [2.24, 2.45) is 5.92 Å². The Balaban J connectivity index is 2.65. The van der Waals surface area contributed by atoms with E-state index in [9.17, 15) is 4.79 Å². The lowest BCUT2D eigenvalue weighted by Gasteiger charge is -2.28. The molecule has 1 rings (SSSR count). The second kappa shape index (κ2) is 4.14. The fourth-order valence-corrected chi connectivity index (χ4v) is 1.57. The first-order chi connectivity index (χ1) is 5.77. The molecule has 0 fully saturated rings. The quantitative estimate of drug-likeness (QED) is 0.636. The van der Waals surface area contributed by atoms with Gasteiger partial charge in [0.1, 0.15) is 0 Å². The van der Waals surface area contributed by atoms with E-state index in [1.54, 1.807) is 0 Å². The zero-order valence-corrected chi connectivity index (χ0v) is 7.71. The Morgan fingerprint density at radius 2 is 2.58 bits per heavy atom. The minimum atomic E-state index is 0.534.